The average molecular weight is 340 g/mol. The highest BCUT2D eigenvalue weighted by Gasteiger charge is 2.31. The van der Waals surface area contributed by atoms with E-state index in [9.17, 15) is 13.2 Å². The Labute approximate surface area is 137 Å². The van der Waals surface area contributed by atoms with Crippen LogP contribution in [0.3, 0.4) is 0 Å². The van der Waals surface area contributed by atoms with Gasteiger partial charge in [-0.05, 0) is 45.4 Å². The lowest BCUT2D eigenvalue weighted by molar-refractivity contribution is -0.138. The van der Waals surface area contributed by atoms with Crippen molar-refractivity contribution in [3.05, 3.63) is 29.3 Å². The van der Waals surface area contributed by atoms with Gasteiger partial charge in [0.05, 0.1) is 11.4 Å². The molecule has 1 N–H and O–H groups in total. The summed E-state index contributed by atoms with van der Waals surface area (Å²) in [6.07, 6.45) is 1.29. The highest BCUT2D eigenvalue weighted by atomic mass is 32.2. The van der Waals surface area contributed by atoms with Crippen LogP contribution in [0.5, 0.6) is 0 Å². The molecule has 7 heteroatoms. The van der Waals surface area contributed by atoms with E-state index in [0.717, 1.165) is 11.1 Å². The van der Waals surface area contributed by atoms with Gasteiger partial charge < -0.3 is 5.11 Å². The Bertz CT molecular complexity index is 679. The highest BCUT2D eigenvalue weighted by molar-refractivity contribution is 7.89. The van der Waals surface area contributed by atoms with Crippen molar-refractivity contribution in [1.82, 2.24) is 9.21 Å². The van der Waals surface area contributed by atoms with Crippen LogP contribution in [-0.2, 0) is 14.8 Å². The van der Waals surface area contributed by atoms with E-state index in [1.54, 1.807) is 18.0 Å². The maximum atomic E-state index is 12.8. The van der Waals surface area contributed by atoms with Gasteiger partial charge in [-0.25, -0.2) is 8.42 Å². The molecular weight excluding hydrogens is 316 g/mol. The van der Waals surface area contributed by atoms with Crippen LogP contribution < -0.4 is 0 Å². The number of benzene rings is 1. The monoisotopic (exact) mass is 340 g/mol. The van der Waals surface area contributed by atoms with Crippen LogP contribution in [0.25, 0.3) is 0 Å². The molecule has 0 radical (unpaired) electrons. The molecule has 0 aliphatic carbocycles. The molecular formula is C16H24N2O4S. The van der Waals surface area contributed by atoms with Gasteiger partial charge in [-0.2, -0.15) is 4.31 Å². The van der Waals surface area contributed by atoms with E-state index in [0.29, 0.717) is 30.8 Å². The Morgan fingerprint density at radius 2 is 1.91 bits per heavy atom. The van der Waals surface area contributed by atoms with Gasteiger partial charge >= 0.3 is 5.97 Å². The number of likely N-dealkylation sites (N-methyl/N-ethyl adjacent to an activating group) is 1. The van der Waals surface area contributed by atoms with Crippen LogP contribution >= 0.6 is 0 Å². The van der Waals surface area contributed by atoms with Gasteiger partial charge in [0.15, 0.2) is 0 Å². The third kappa shape index (κ3) is 4.10. The lowest BCUT2D eigenvalue weighted by Gasteiger charge is -2.35. The van der Waals surface area contributed by atoms with E-state index in [1.165, 1.54) is 4.31 Å². The number of sulfonamides is 1. The van der Waals surface area contributed by atoms with Crippen LogP contribution in [0.2, 0.25) is 0 Å². The first kappa shape index (κ1) is 17.9. The molecule has 128 valence electrons. The molecule has 2 rings (SSSR count). The van der Waals surface area contributed by atoms with Crippen LogP contribution in [0.1, 0.15) is 24.0 Å². The number of aryl methyl sites for hydroxylation is 2. The molecule has 1 aliphatic heterocycles. The molecule has 1 heterocycles. The molecule has 1 aliphatic rings. The zero-order valence-electron chi connectivity index (χ0n) is 13.8. The molecule has 1 aromatic rings. The van der Waals surface area contributed by atoms with Crippen LogP contribution in [0.4, 0.5) is 0 Å². The summed E-state index contributed by atoms with van der Waals surface area (Å²) in [6, 6.07) is 5.47. The fourth-order valence-corrected chi connectivity index (χ4v) is 4.77. The molecule has 1 aromatic carbocycles. The predicted molar refractivity (Wildman–Crippen MR) is 88.0 cm³/mol. The molecule has 0 aromatic heterocycles. The Hall–Kier alpha value is -1.44. The third-order valence-electron chi connectivity index (χ3n) is 4.38. The molecule has 0 bridgehead atoms. The van der Waals surface area contributed by atoms with Gasteiger partial charge in [0.2, 0.25) is 10.0 Å². The number of hydrogen-bond acceptors (Lipinski definition) is 4. The average Bonchev–Trinajstić information content (AvgIpc) is 2.46. The Balaban J connectivity index is 2.08. The zero-order chi connectivity index (χ0) is 17.2. The van der Waals surface area contributed by atoms with Gasteiger partial charge in [-0.15, -0.1) is 0 Å². The van der Waals surface area contributed by atoms with Crippen molar-refractivity contribution in [2.24, 2.45) is 0 Å². The molecule has 0 unspecified atom stereocenters. The van der Waals surface area contributed by atoms with Crippen molar-refractivity contribution in [1.29, 1.82) is 0 Å². The molecule has 0 amide bonds. The number of piperidine rings is 1. The van der Waals surface area contributed by atoms with Crippen molar-refractivity contribution in [3.8, 4) is 0 Å². The first-order chi connectivity index (χ1) is 10.7. The quantitative estimate of drug-likeness (QED) is 0.878. The second-order valence-corrected chi connectivity index (χ2v) is 8.12. The molecule has 0 saturated carbocycles. The van der Waals surface area contributed by atoms with Crippen LogP contribution in [0.15, 0.2) is 23.1 Å². The SMILES string of the molecule is Cc1ccc(S(=O)(=O)N2CCC(N(C)CC(=O)O)CC2)c(C)c1. The summed E-state index contributed by atoms with van der Waals surface area (Å²) in [6.45, 7) is 4.57. The summed E-state index contributed by atoms with van der Waals surface area (Å²) in [5.41, 5.74) is 1.80. The fraction of sp³-hybridized carbons (Fsp3) is 0.562. The first-order valence-electron chi connectivity index (χ1n) is 7.71. The van der Waals surface area contributed by atoms with Crippen molar-refractivity contribution in [3.63, 3.8) is 0 Å². The van der Waals surface area contributed by atoms with Crippen molar-refractivity contribution >= 4 is 16.0 Å². The second-order valence-electron chi connectivity index (χ2n) is 6.21. The third-order valence-corrected chi connectivity index (χ3v) is 6.44. The number of carboxylic acid groups (broad SMARTS) is 1. The Morgan fingerprint density at radius 1 is 1.30 bits per heavy atom. The van der Waals surface area contributed by atoms with Gasteiger partial charge in [-0.3, -0.25) is 9.69 Å². The number of carboxylic acids is 1. The Kier molecular flexibility index (Phi) is 5.44. The number of nitrogens with zero attached hydrogens (tertiary/aromatic N) is 2. The molecule has 1 saturated heterocycles. The number of carbonyl (C=O) groups is 1. The Morgan fingerprint density at radius 3 is 2.43 bits per heavy atom. The van der Waals surface area contributed by atoms with Crippen LogP contribution in [-0.4, -0.2) is 61.4 Å². The maximum Gasteiger partial charge on any atom is 0.317 e. The summed E-state index contributed by atoms with van der Waals surface area (Å²) in [4.78, 5) is 12.9. The van der Waals surface area contributed by atoms with E-state index in [2.05, 4.69) is 0 Å². The van der Waals surface area contributed by atoms with Crippen molar-refractivity contribution < 1.29 is 18.3 Å². The topological polar surface area (TPSA) is 77.9 Å². The smallest absolute Gasteiger partial charge is 0.317 e. The van der Waals surface area contributed by atoms with Gasteiger partial charge in [0.1, 0.15) is 0 Å². The summed E-state index contributed by atoms with van der Waals surface area (Å²) >= 11 is 0. The lowest BCUT2D eigenvalue weighted by atomic mass is 10.1. The summed E-state index contributed by atoms with van der Waals surface area (Å²) in [7, 11) is -1.71. The number of aliphatic carboxylic acids is 1. The predicted octanol–water partition coefficient (Wildman–Crippen LogP) is 1.47. The molecule has 6 nitrogen and oxygen atoms in total. The highest BCUT2D eigenvalue weighted by Crippen LogP contribution is 2.25. The zero-order valence-corrected chi connectivity index (χ0v) is 14.6. The molecule has 1 fully saturated rings. The van der Waals surface area contributed by atoms with Crippen molar-refractivity contribution in [2.45, 2.75) is 37.6 Å². The molecule has 0 spiro atoms. The minimum Gasteiger partial charge on any atom is -0.480 e. The first-order valence-corrected chi connectivity index (χ1v) is 9.15. The molecule has 0 atom stereocenters. The summed E-state index contributed by atoms with van der Waals surface area (Å²) in [5, 5.41) is 8.85. The number of rotatable bonds is 5. The van der Waals surface area contributed by atoms with E-state index >= 15 is 0 Å². The molecule has 23 heavy (non-hydrogen) atoms. The van der Waals surface area contributed by atoms with E-state index in [-0.39, 0.29) is 12.6 Å². The fourth-order valence-electron chi connectivity index (χ4n) is 3.09. The summed E-state index contributed by atoms with van der Waals surface area (Å²) in [5.74, 6) is -0.863. The van der Waals surface area contributed by atoms with E-state index in [1.807, 2.05) is 26.0 Å². The van der Waals surface area contributed by atoms with E-state index < -0.39 is 16.0 Å². The maximum absolute atomic E-state index is 12.8. The van der Waals surface area contributed by atoms with Gasteiger partial charge in [0.25, 0.3) is 0 Å². The van der Waals surface area contributed by atoms with Crippen molar-refractivity contribution in [2.75, 3.05) is 26.7 Å². The van der Waals surface area contributed by atoms with Crippen LogP contribution in [0, 0.1) is 13.8 Å². The largest absolute Gasteiger partial charge is 0.480 e. The lowest BCUT2D eigenvalue weighted by Crippen LogP contribution is -2.46. The summed E-state index contributed by atoms with van der Waals surface area (Å²) < 4.78 is 27.1. The second kappa shape index (κ2) is 6.98. The minimum absolute atomic E-state index is 0.0194. The van der Waals surface area contributed by atoms with Gasteiger partial charge in [0, 0.05) is 19.1 Å². The minimum atomic E-state index is -3.48. The normalized spacial score (nSPS) is 17.6. The standard InChI is InChI=1S/C16H24N2O4S/c1-12-4-5-15(13(2)10-12)23(21,22)18-8-6-14(7-9-18)17(3)11-16(19)20/h4-5,10,14H,6-9,11H2,1-3H3,(H,19,20). The van der Waals surface area contributed by atoms with E-state index in [4.69, 9.17) is 5.11 Å². The number of hydrogen-bond donors (Lipinski definition) is 1. The van der Waals surface area contributed by atoms with Gasteiger partial charge in [-0.1, -0.05) is 17.7 Å².